The molecule has 3 heteroatoms. The highest BCUT2D eigenvalue weighted by Crippen LogP contribution is 2.51. The molecule has 120 valence electrons. The Morgan fingerprint density at radius 2 is 1.52 bits per heavy atom. The average Bonchev–Trinajstić information content (AvgIpc) is 2.84. The van der Waals surface area contributed by atoms with Gasteiger partial charge in [-0.3, -0.25) is 4.79 Å². The van der Waals surface area contributed by atoms with Gasteiger partial charge in [-0.05, 0) is 28.7 Å². The highest BCUT2D eigenvalue weighted by Gasteiger charge is 2.52. The van der Waals surface area contributed by atoms with Crippen LogP contribution in [0, 0.1) is 0 Å². The number of fused-ring (bicyclic) bond motifs is 3. The number of rotatable bonds is 5. The van der Waals surface area contributed by atoms with E-state index in [0.29, 0.717) is 0 Å². The summed E-state index contributed by atoms with van der Waals surface area (Å²) in [7, 11) is 0. The van der Waals surface area contributed by atoms with Crippen molar-refractivity contribution in [2.24, 2.45) is 5.73 Å². The zero-order valence-electron chi connectivity index (χ0n) is 14.0. The van der Waals surface area contributed by atoms with E-state index in [1.54, 1.807) is 0 Å². The van der Waals surface area contributed by atoms with Crippen LogP contribution in [-0.2, 0) is 10.2 Å². The first-order valence-corrected chi connectivity index (χ1v) is 8.28. The molecule has 1 aliphatic rings. The Morgan fingerprint density at radius 1 is 1.04 bits per heavy atom. The quantitative estimate of drug-likeness (QED) is 0.891. The molecule has 3 N–H and O–H groups in total. The van der Waals surface area contributed by atoms with Gasteiger partial charge in [0.15, 0.2) is 0 Å². The fourth-order valence-electron chi connectivity index (χ4n) is 4.03. The molecule has 23 heavy (non-hydrogen) atoms. The van der Waals surface area contributed by atoms with Crippen LogP contribution in [0.25, 0.3) is 11.1 Å². The summed E-state index contributed by atoms with van der Waals surface area (Å²) >= 11 is 0. The highest BCUT2D eigenvalue weighted by atomic mass is 16.1. The van der Waals surface area contributed by atoms with Gasteiger partial charge < -0.3 is 11.1 Å². The molecular weight excluding hydrogens is 284 g/mol. The van der Waals surface area contributed by atoms with Crippen LogP contribution >= 0.6 is 0 Å². The Morgan fingerprint density at radius 3 is 1.91 bits per heavy atom. The summed E-state index contributed by atoms with van der Waals surface area (Å²) in [4.78, 5) is 12.8. The smallest absolute Gasteiger partial charge is 0.234 e. The van der Waals surface area contributed by atoms with Crippen LogP contribution in [0.5, 0.6) is 0 Å². The number of benzene rings is 2. The van der Waals surface area contributed by atoms with Gasteiger partial charge >= 0.3 is 0 Å². The predicted molar refractivity (Wildman–Crippen MR) is 94.2 cm³/mol. The number of nitrogens with two attached hydrogens (primary N) is 1. The van der Waals surface area contributed by atoms with E-state index in [1.807, 2.05) is 36.4 Å². The van der Waals surface area contributed by atoms with E-state index in [-0.39, 0.29) is 18.0 Å². The third-order valence-electron chi connectivity index (χ3n) is 4.85. The molecule has 1 aliphatic carbocycles. The van der Waals surface area contributed by atoms with Crippen molar-refractivity contribution in [2.75, 3.05) is 0 Å². The first-order chi connectivity index (χ1) is 11.0. The van der Waals surface area contributed by atoms with E-state index in [0.717, 1.165) is 28.7 Å². The van der Waals surface area contributed by atoms with Crippen LogP contribution in [0.4, 0.5) is 0 Å². The van der Waals surface area contributed by atoms with Crippen LogP contribution in [0.1, 0.15) is 38.3 Å². The summed E-state index contributed by atoms with van der Waals surface area (Å²) in [5, 5.41) is 3.57. The van der Waals surface area contributed by atoms with Gasteiger partial charge in [0.2, 0.25) is 5.91 Å². The fourth-order valence-corrected chi connectivity index (χ4v) is 4.03. The molecule has 0 spiro atoms. The lowest BCUT2D eigenvalue weighted by molar-refractivity contribution is -0.123. The van der Waals surface area contributed by atoms with Gasteiger partial charge in [0.25, 0.3) is 0 Å². The van der Waals surface area contributed by atoms with Crippen molar-refractivity contribution in [3.63, 3.8) is 0 Å². The maximum absolute atomic E-state index is 12.8. The molecule has 0 fully saturated rings. The molecule has 0 saturated carbocycles. The lowest BCUT2D eigenvalue weighted by atomic mass is 9.70. The lowest BCUT2D eigenvalue weighted by Gasteiger charge is -2.38. The molecule has 1 amide bonds. The molecule has 0 saturated heterocycles. The van der Waals surface area contributed by atoms with Crippen molar-refractivity contribution in [3.8, 4) is 11.1 Å². The summed E-state index contributed by atoms with van der Waals surface area (Å²) in [5.41, 5.74) is 9.50. The Hall–Kier alpha value is -2.13. The van der Waals surface area contributed by atoms with Crippen LogP contribution in [0.3, 0.4) is 0 Å². The molecule has 2 aromatic rings. The summed E-state index contributed by atoms with van der Waals surface area (Å²) in [6, 6.07) is 16.5. The summed E-state index contributed by atoms with van der Waals surface area (Å²) in [6.45, 7) is 6.31. The zero-order chi connectivity index (χ0) is 16.6. The Balaban J connectivity index is 2.33. The van der Waals surface area contributed by atoms with Gasteiger partial charge in [0.05, 0.1) is 0 Å². The maximum Gasteiger partial charge on any atom is 0.234 e. The minimum absolute atomic E-state index is 0.0372. The average molecular weight is 308 g/mol. The minimum atomic E-state index is -0.813. The second-order valence-corrected chi connectivity index (χ2v) is 6.55. The van der Waals surface area contributed by atoms with E-state index in [2.05, 4.69) is 38.2 Å². The number of hydrogen-bond acceptors (Lipinski definition) is 2. The van der Waals surface area contributed by atoms with E-state index in [9.17, 15) is 4.79 Å². The molecule has 0 bridgehead atoms. The molecule has 3 rings (SSSR count). The van der Waals surface area contributed by atoms with Crippen molar-refractivity contribution in [2.45, 2.75) is 44.7 Å². The topological polar surface area (TPSA) is 55.1 Å². The lowest BCUT2D eigenvalue weighted by Crippen LogP contribution is -2.57. The molecule has 0 radical (unpaired) electrons. The molecule has 1 atom stereocenters. The van der Waals surface area contributed by atoms with Gasteiger partial charge in [0.1, 0.15) is 5.41 Å². The number of amides is 1. The number of primary amides is 1. The van der Waals surface area contributed by atoms with Crippen molar-refractivity contribution < 1.29 is 4.79 Å². The second kappa shape index (κ2) is 5.82. The predicted octanol–water partition coefficient (Wildman–Crippen LogP) is 3.22. The Labute approximate surface area is 137 Å². The van der Waals surface area contributed by atoms with Crippen molar-refractivity contribution >= 4 is 5.91 Å². The van der Waals surface area contributed by atoms with Crippen molar-refractivity contribution in [1.82, 2.24) is 5.32 Å². The first-order valence-electron chi connectivity index (χ1n) is 8.28. The highest BCUT2D eigenvalue weighted by molar-refractivity contribution is 6.00. The van der Waals surface area contributed by atoms with E-state index in [4.69, 9.17) is 5.73 Å². The largest absolute Gasteiger partial charge is 0.369 e. The van der Waals surface area contributed by atoms with Crippen LogP contribution in [-0.4, -0.2) is 18.0 Å². The maximum atomic E-state index is 12.8. The molecule has 2 aromatic carbocycles. The summed E-state index contributed by atoms with van der Waals surface area (Å²) in [6.07, 6.45) is 0.823. The molecule has 0 heterocycles. The van der Waals surface area contributed by atoms with E-state index < -0.39 is 5.41 Å². The van der Waals surface area contributed by atoms with Crippen LogP contribution in [0.2, 0.25) is 0 Å². The summed E-state index contributed by atoms with van der Waals surface area (Å²) < 4.78 is 0. The fraction of sp³-hybridized carbons (Fsp3) is 0.350. The van der Waals surface area contributed by atoms with Crippen molar-refractivity contribution in [3.05, 3.63) is 59.7 Å². The van der Waals surface area contributed by atoms with E-state index >= 15 is 0 Å². The number of hydrogen-bond donors (Lipinski definition) is 2. The molecular formula is C20H24N2O. The first kappa shape index (κ1) is 15.8. The van der Waals surface area contributed by atoms with Gasteiger partial charge in [0, 0.05) is 12.1 Å². The van der Waals surface area contributed by atoms with Gasteiger partial charge in [-0.25, -0.2) is 0 Å². The monoisotopic (exact) mass is 308 g/mol. The SMILES string of the molecule is CCC(NC(C)C)C1(C(N)=O)c2ccccc2-c2ccccc21. The van der Waals surface area contributed by atoms with Gasteiger partial charge in [-0.1, -0.05) is 69.3 Å². The third-order valence-corrected chi connectivity index (χ3v) is 4.85. The molecule has 0 aromatic heterocycles. The second-order valence-electron chi connectivity index (χ2n) is 6.55. The normalized spacial score (nSPS) is 16.0. The number of carbonyl (C=O) groups excluding carboxylic acids is 1. The van der Waals surface area contributed by atoms with Crippen LogP contribution < -0.4 is 11.1 Å². The standard InChI is InChI=1S/C20H24N2O/c1-4-18(22-13(2)3)20(19(21)23)16-11-7-5-9-14(16)15-10-6-8-12-17(15)20/h5-13,18,22H,4H2,1-3H3,(H2,21,23). The third kappa shape index (κ3) is 2.19. The molecule has 0 aliphatic heterocycles. The van der Waals surface area contributed by atoms with Gasteiger partial charge in [-0.15, -0.1) is 0 Å². The van der Waals surface area contributed by atoms with Crippen molar-refractivity contribution in [1.29, 1.82) is 0 Å². The Kier molecular flexibility index (Phi) is 3.99. The van der Waals surface area contributed by atoms with Gasteiger partial charge in [-0.2, -0.15) is 0 Å². The number of carbonyl (C=O) groups is 1. The Bertz CT molecular complexity index is 690. The molecule has 3 nitrogen and oxygen atoms in total. The molecule has 1 unspecified atom stereocenters. The minimum Gasteiger partial charge on any atom is -0.369 e. The van der Waals surface area contributed by atoms with E-state index in [1.165, 1.54) is 0 Å². The zero-order valence-corrected chi connectivity index (χ0v) is 14.0. The van der Waals surface area contributed by atoms with Crippen LogP contribution in [0.15, 0.2) is 48.5 Å². The summed E-state index contributed by atoms with van der Waals surface area (Å²) in [5.74, 6) is -0.282. The number of nitrogens with one attached hydrogen (secondary N) is 1.